The summed E-state index contributed by atoms with van der Waals surface area (Å²) in [5.41, 5.74) is 5.54. The Bertz CT molecular complexity index is 371. The summed E-state index contributed by atoms with van der Waals surface area (Å²) in [6.07, 6.45) is 20.5. The first-order chi connectivity index (χ1) is 13.0. The van der Waals surface area contributed by atoms with E-state index in [0.29, 0.717) is 6.42 Å². The van der Waals surface area contributed by atoms with Gasteiger partial charge in [-0.3, -0.25) is 9.59 Å². The molecule has 0 aromatic rings. The number of aliphatic carboxylic acids is 1. The van der Waals surface area contributed by atoms with Gasteiger partial charge < -0.3 is 10.8 Å². The number of carbonyl (C=O) groups is 2. The van der Waals surface area contributed by atoms with Crippen LogP contribution in [-0.2, 0) is 9.59 Å². The third kappa shape index (κ3) is 17.0. The summed E-state index contributed by atoms with van der Waals surface area (Å²) in [5.74, 6) is -1.16. The van der Waals surface area contributed by atoms with Crippen molar-refractivity contribution >= 4 is 11.8 Å². The van der Waals surface area contributed by atoms with E-state index < -0.39 is 12.0 Å². The highest BCUT2D eigenvalue weighted by Gasteiger charge is 2.21. The minimum absolute atomic E-state index is 0.147. The summed E-state index contributed by atoms with van der Waals surface area (Å²) in [7, 11) is 0. The molecule has 0 aliphatic heterocycles. The van der Waals surface area contributed by atoms with E-state index in [1.165, 1.54) is 83.5 Å². The number of ketones is 1. The smallest absolute Gasteiger partial charge is 0.320 e. The summed E-state index contributed by atoms with van der Waals surface area (Å²) < 4.78 is 0. The zero-order chi connectivity index (χ0) is 20.3. The molecule has 4 heteroatoms. The Hall–Kier alpha value is -0.900. The Balaban J connectivity index is 3.31. The highest BCUT2D eigenvalue weighted by molar-refractivity contribution is 5.80. The van der Waals surface area contributed by atoms with E-state index in [1.54, 1.807) is 6.92 Å². The Kier molecular flexibility index (Phi) is 17.8. The van der Waals surface area contributed by atoms with Crippen LogP contribution < -0.4 is 5.73 Å². The van der Waals surface area contributed by atoms with Crippen LogP contribution in [0.5, 0.6) is 0 Å². The van der Waals surface area contributed by atoms with Crippen LogP contribution in [0.3, 0.4) is 0 Å². The predicted molar refractivity (Wildman–Crippen MR) is 114 cm³/mol. The lowest BCUT2D eigenvalue weighted by Crippen LogP contribution is -2.37. The standard InChI is InChI=1S/C23H45NO3/c1-3-4-5-6-7-8-9-10-11-12-13-14-15-16-17-18-21(25)19-20(2)22(24)23(26)27/h20,22H,3-19,24H2,1-2H3,(H,26,27)/t20?,22-/m1/s1. The Morgan fingerprint density at radius 1 is 0.741 bits per heavy atom. The maximum atomic E-state index is 11.9. The van der Waals surface area contributed by atoms with Gasteiger partial charge in [-0.25, -0.2) is 0 Å². The molecule has 27 heavy (non-hydrogen) atoms. The molecule has 4 nitrogen and oxygen atoms in total. The molecular weight excluding hydrogens is 338 g/mol. The van der Waals surface area contributed by atoms with Gasteiger partial charge in [-0.15, -0.1) is 0 Å². The Labute approximate surface area is 167 Å². The van der Waals surface area contributed by atoms with Crippen LogP contribution in [0.2, 0.25) is 0 Å². The monoisotopic (exact) mass is 383 g/mol. The Morgan fingerprint density at radius 2 is 1.11 bits per heavy atom. The molecule has 0 aliphatic rings. The van der Waals surface area contributed by atoms with Crippen molar-refractivity contribution in [1.29, 1.82) is 0 Å². The molecule has 0 heterocycles. The number of nitrogens with two attached hydrogens (primary N) is 1. The van der Waals surface area contributed by atoms with Crippen molar-refractivity contribution in [2.75, 3.05) is 0 Å². The maximum Gasteiger partial charge on any atom is 0.320 e. The molecule has 0 aromatic carbocycles. The van der Waals surface area contributed by atoms with E-state index in [9.17, 15) is 9.59 Å². The first kappa shape index (κ1) is 26.1. The van der Waals surface area contributed by atoms with Crippen molar-refractivity contribution in [3.05, 3.63) is 0 Å². The number of unbranched alkanes of at least 4 members (excludes halogenated alkanes) is 14. The van der Waals surface area contributed by atoms with Crippen LogP contribution in [-0.4, -0.2) is 22.9 Å². The molecule has 0 amide bonds. The minimum Gasteiger partial charge on any atom is -0.480 e. The lowest BCUT2D eigenvalue weighted by atomic mass is 9.94. The van der Waals surface area contributed by atoms with Gasteiger partial charge >= 0.3 is 5.97 Å². The first-order valence-electron chi connectivity index (χ1n) is 11.5. The second-order valence-electron chi connectivity index (χ2n) is 8.28. The average Bonchev–Trinajstić information content (AvgIpc) is 2.64. The van der Waals surface area contributed by atoms with Crippen LogP contribution >= 0.6 is 0 Å². The molecule has 160 valence electrons. The van der Waals surface area contributed by atoms with Crippen molar-refractivity contribution in [1.82, 2.24) is 0 Å². The molecule has 2 atom stereocenters. The largest absolute Gasteiger partial charge is 0.480 e. The number of carbonyl (C=O) groups excluding carboxylic acids is 1. The molecule has 0 radical (unpaired) electrons. The number of rotatable bonds is 20. The molecule has 0 bridgehead atoms. The summed E-state index contributed by atoms with van der Waals surface area (Å²) >= 11 is 0. The minimum atomic E-state index is -1.03. The van der Waals surface area contributed by atoms with E-state index in [-0.39, 0.29) is 18.1 Å². The van der Waals surface area contributed by atoms with E-state index >= 15 is 0 Å². The molecule has 3 N–H and O–H groups in total. The normalized spacial score (nSPS) is 13.4. The maximum absolute atomic E-state index is 11.9. The second kappa shape index (κ2) is 18.5. The quantitative estimate of drug-likeness (QED) is 0.243. The van der Waals surface area contributed by atoms with Gasteiger partial charge in [-0.1, -0.05) is 104 Å². The van der Waals surface area contributed by atoms with Gasteiger partial charge in [-0.05, 0) is 12.3 Å². The number of carboxylic acid groups (broad SMARTS) is 1. The molecule has 0 saturated heterocycles. The van der Waals surface area contributed by atoms with Crippen molar-refractivity contribution in [2.45, 2.75) is 129 Å². The molecule has 0 aliphatic carbocycles. The fourth-order valence-corrected chi connectivity index (χ4v) is 3.53. The molecular formula is C23H45NO3. The van der Waals surface area contributed by atoms with Gasteiger partial charge in [0.05, 0.1) is 0 Å². The Morgan fingerprint density at radius 3 is 1.48 bits per heavy atom. The van der Waals surface area contributed by atoms with Crippen molar-refractivity contribution in [2.24, 2.45) is 11.7 Å². The molecule has 0 saturated carbocycles. The highest BCUT2D eigenvalue weighted by atomic mass is 16.4. The molecule has 0 fully saturated rings. The topological polar surface area (TPSA) is 80.4 Å². The van der Waals surface area contributed by atoms with Gasteiger partial charge in [0.25, 0.3) is 0 Å². The highest BCUT2D eigenvalue weighted by Crippen LogP contribution is 2.15. The second-order valence-corrected chi connectivity index (χ2v) is 8.28. The van der Waals surface area contributed by atoms with Gasteiger partial charge in [0.2, 0.25) is 0 Å². The van der Waals surface area contributed by atoms with Gasteiger partial charge in [0.1, 0.15) is 11.8 Å². The summed E-state index contributed by atoms with van der Waals surface area (Å²) in [4.78, 5) is 22.7. The van der Waals surface area contributed by atoms with E-state index in [0.717, 1.165) is 12.8 Å². The fraction of sp³-hybridized carbons (Fsp3) is 0.913. The predicted octanol–water partition coefficient (Wildman–Crippen LogP) is 6.26. The van der Waals surface area contributed by atoms with Crippen molar-refractivity contribution in [3.63, 3.8) is 0 Å². The van der Waals surface area contributed by atoms with Gasteiger partial charge in [0.15, 0.2) is 0 Å². The van der Waals surface area contributed by atoms with Gasteiger partial charge in [-0.2, -0.15) is 0 Å². The fourth-order valence-electron chi connectivity index (χ4n) is 3.53. The molecule has 0 aromatic heterocycles. The van der Waals surface area contributed by atoms with Crippen LogP contribution in [0.1, 0.15) is 123 Å². The molecule has 1 unspecified atom stereocenters. The van der Waals surface area contributed by atoms with E-state index in [4.69, 9.17) is 10.8 Å². The van der Waals surface area contributed by atoms with E-state index in [2.05, 4.69) is 6.92 Å². The summed E-state index contributed by atoms with van der Waals surface area (Å²) in [6.45, 7) is 4.00. The van der Waals surface area contributed by atoms with Crippen molar-refractivity contribution in [3.8, 4) is 0 Å². The number of carboxylic acids is 1. The lowest BCUT2D eigenvalue weighted by molar-refractivity contribution is -0.139. The number of hydrogen-bond acceptors (Lipinski definition) is 3. The van der Waals surface area contributed by atoms with Crippen LogP contribution in [0.15, 0.2) is 0 Å². The van der Waals surface area contributed by atoms with Crippen LogP contribution in [0.4, 0.5) is 0 Å². The number of hydrogen-bond donors (Lipinski definition) is 2. The lowest BCUT2D eigenvalue weighted by Gasteiger charge is -2.14. The molecule has 0 spiro atoms. The average molecular weight is 384 g/mol. The third-order valence-electron chi connectivity index (χ3n) is 5.51. The zero-order valence-electron chi connectivity index (χ0n) is 18.0. The van der Waals surface area contributed by atoms with E-state index in [1.807, 2.05) is 0 Å². The number of Topliss-reactive ketones (excluding diaryl/α,β-unsaturated/α-hetero) is 1. The SMILES string of the molecule is CCCCCCCCCCCCCCCCCC(=O)CC(C)[C@@H](N)C(=O)O. The van der Waals surface area contributed by atoms with Crippen molar-refractivity contribution < 1.29 is 14.7 Å². The van der Waals surface area contributed by atoms with Crippen LogP contribution in [0, 0.1) is 5.92 Å². The summed E-state index contributed by atoms with van der Waals surface area (Å²) in [6, 6.07) is -0.935. The summed E-state index contributed by atoms with van der Waals surface area (Å²) in [5, 5.41) is 8.85. The van der Waals surface area contributed by atoms with Crippen LogP contribution in [0.25, 0.3) is 0 Å². The zero-order valence-corrected chi connectivity index (χ0v) is 18.0. The first-order valence-corrected chi connectivity index (χ1v) is 11.5. The third-order valence-corrected chi connectivity index (χ3v) is 5.51. The van der Waals surface area contributed by atoms with Gasteiger partial charge in [0, 0.05) is 12.8 Å². The molecule has 0 rings (SSSR count).